The summed E-state index contributed by atoms with van der Waals surface area (Å²) in [4.78, 5) is 9.57. The molecule has 1 unspecified atom stereocenters. The van der Waals surface area contributed by atoms with Crippen molar-refractivity contribution in [1.82, 2.24) is 9.88 Å². The van der Waals surface area contributed by atoms with Crippen LogP contribution in [0.3, 0.4) is 0 Å². The molecule has 27 heavy (non-hydrogen) atoms. The molecule has 0 N–H and O–H groups in total. The molecule has 1 aliphatic rings. The van der Waals surface area contributed by atoms with Crippen molar-refractivity contribution >= 4 is 17.3 Å². The number of aryl methyl sites for hydroxylation is 1. The maximum Gasteiger partial charge on any atom is 0.227 e. The summed E-state index contributed by atoms with van der Waals surface area (Å²) in [6.45, 7) is 8.24. The van der Waals surface area contributed by atoms with E-state index in [0.29, 0.717) is 17.0 Å². The lowest BCUT2D eigenvalue weighted by Crippen LogP contribution is -2.51. The van der Waals surface area contributed by atoms with Gasteiger partial charge in [-0.2, -0.15) is 0 Å². The van der Waals surface area contributed by atoms with Gasteiger partial charge in [0.15, 0.2) is 0 Å². The molecule has 1 fully saturated rings. The number of piperazine rings is 1. The van der Waals surface area contributed by atoms with Crippen molar-refractivity contribution in [2.45, 2.75) is 26.4 Å². The highest BCUT2D eigenvalue weighted by atomic mass is 35.5. The molecule has 1 aromatic heterocycles. The molecule has 0 aliphatic carbocycles. The van der Waals surface area contributed by atoms with E-state index in [2.05, 4.69) is 52.9 Å². The minimum atomic E-state index is 0.454. The third-order valence-corrected chi connectivity index (χ3v) is 5.42. The monoisotopic (exact) mass is 381 g/mol. The van der Waals surface area contributed by atoms with Crippen molar-refractivity contribution in [3.8, 4) is 11.5 Å². The Hall–Kier alpha value is -2.30. The number of aromatic nitrogens is 1. The molecular weight excluding hydrogens is 358 g/mol. The fraction of sp³-hybridized carbons (Fsp3) is 0.318. The van der Waals surface area contributed by atoms with E-state index in [-0.39, 0.29) is 0 Å². The van der Waals surface area contributed by atoms with Crippen molar-refractivity contribution in [3.05, 3.63) is 71.1 Å². The summed E-state index contributed by atoms with van der Waals surface area (Å²) < 4.78 is 5.67. The molecule has 2 aromatic carbocycles. The number of anilines is 1. The van der Waals surface area contributed by atoms with Gasteiger partial charge in [0.1, 0.15) is 6.26 Å². The highest BCUT2D eigenvalue weighted by molar-refractivity contribution is 6.33. The normalized spacial score (nSPS) is 18.0. The number of oxazole rings is 1. The molecule has 0 bridgehead atoms. The van der Waals surface area contributed by atoms with Gasteiger partial charge >= 0.3 is 0 Å². The lowest BCUT2D eigenvalue weighted by Gasteiger charge is -2.41. The molecule has 1 saturated heterocycles. The Morgan fingerprint density at radius 3 is 2.78 bits per heavy atom. The summed E-state index contributed by atoms with van der Waals surface area (Å²) in [5.41, 5.74) is 4.39. The van der Waals surface area contributed by atoms with Crippen LogP contribution in [0.5, 0.6) is 0 Å². The minimum Gasteiger partial charge on any atom is -0.444 e. The van der Waals surface area contributed by atoms with Gasteiger partial charge in [-0.1, -0.05) is 35.9 Å². The molecule has 0 amide bonds. The van der Waals surface area contributed by atoms with Gasteiger partial charge in [-0.3, -0.25) is 4.90 Å². The van der Waals surface area contributed by atoms with Crippen molar-refractivity contribution in [2.75, 3.05) is 24.5 Å². The van der Waals surface area contributed by atoms with Crippen LogP contribution >= 0.6 is 11.6 Å². The molecule has 0 saturated carbocycles. The molecule has 0 spiro atoms. The van der Waals surface area contributed by atoms with E-state index in [1.165, 1.54) is 11.3 Å². The molecule has 1 atom stereocenters. The van der Waals surface area contributed by atoms with Gasteiger partial charge in [0.2, 0.25) is 5.89 Å². The number of hydrogen-bond donors (Lipinski definition) is 0. The Labute approximate surface area is 165 Å². The summed E-state index contributed by atoms with van der Waals surface area (Å²) in [6, 6.07) is 16.8. The van der Waals surface area contributed by atoms with Crippen LogP contribution in [-0.2, 0) is 6.54 Å². The number of rotatable bonds is 4. The number of benzene rings is 2. The number of hydrogen-bond acceptors (Lipinski definition) is 4. The zero-order chi connectivity index (χ0) is 18.8. The Balaban J connectivity index is 1.41. The quantitative estimate of drug-likeness (QED) is 0.635. The van der Waals surface area contributed by atoms with Crippen molar-refractivity contribution in [2.24, 2.45) is 0 Å². The molecule has 4 nitrogen and oxygen atoms in total. The van der Waals surface area contributed by atoms with Crippen LogP contribution in [0.4, 0.5) is 5.69 Å². The van der Waals surface area contributed by atoms with Gasteiger partial charge in [-0.05, 0) is 43.7 Å². The van der Waals surface area contributed by atoms with Crippen molar-refractivity contribution in [1.29, 1.82) is 0 Å². The summed E-state index contributed by atoms with van der Waals surface area (Å²) >= 11 is 6.25. The maximum atomic E-state index is 6.25. The zero-order valence-corrected chi connectivity index (χ0v) is 16.5. The summed E-state index contributed by atoms with van der Waals surface area (Å²) in [6.07, 6.45) is 1.75. The van der Waals surface area contributed by atoms with Crippen LogP contribution < -0.4 is 4.90 Å². The fourth-order valence-electron chi connectivity index (χ4n) is 3.73. The van der Waals surface area contributed by atoms with Crippen LogP contribution in [-0.4, -0.2) is 35.6 Å². The maximum absolute atomic E-state index is 6.25. The second-order valence-electron chi connectivity index (χ2n) is 7.24. The second-order valence-corrected chi connectivity index (χ2v) is 7.65. The van der Waals surface area contributed by atoms with Crippen LogP contribution in [0.15, 0.2) is 59.2 Å². The molecule has 5 heteroatoms. The highest BCUT2D eigenvalue weighted by Gasteiger charge is 2.24. The SMILES string of the molecule is Cc1cccc(N2CCN(Cc3coc(-c4ccccc4Cl)n3)CC2C)c1. The molecule has 0 radical (unpaired) electrons. The van der Waals surface area contributed by atoms with Crippen LogP contribution in [0.1, 0.15) is 18.2 Å². The first-order valence-electron chi connectivity index (χ1n) is 9.35. The lowest BCUT2D eigenvalue weighted by molar-refractivity contribution is 0.218. The lowest BCUT2D eigenvalue weighted by atomic mass is 10.1. The van der Waals surface area contributed by atoms with E-state index in [1.807, 2.05) is 24.3 Å². The third-order valence-electron chi connectivity index (χ3n) is 5.09. The van der Waals surface area contributed by atoms with Gasteiger partial charge in [0, 0.05) is 37.9 Å². The van der Waals surface area contributed by atoms with Crippen molar-refractivity contribution < 1.29 is 4.42 Å². The van der Waals surface area contributed by atoms with E-state index in [9.17, 15) is 0 Å². The van der Waals surface area contributed by atoms with Crippen LogP contribution in [0, 0.1) is 6.92 Å². The smallest absolute Gasteiger partial charge is 0.227 e. The zero-order valence-electron chi connectivity index (χ0n) is 15.7. The molecule has 140 valence electrons. The minimum absolute atomic E-state index is 0.454. The number of nitrogens with zero attached hydrogens (tertiary/aromatic N) is 3. The van der Waals surface area contributed by atoms with E-state index >= 15 is 0 Å². The van der Waals surface area contributed by atoms with Gasteiger partial charge in [0.05, 0.1) is 16.3 Å². The predicted octanol–water partition coefficient (Wildman–Crippen LogP) is 5.01. The Morgan fingerprint density at radius 1 is 1.15 bits per heavy atom. The average Bonchev–Trinajstić information content (AvgIpc) is 3.10. The van der Waals surface area contributed by atoms with E-state index in [0.717, 1.165) is 37.4 Å². The molecule has 2 heterocycles. The highest BCUT2D eigenvalue weighted by Crippen LogP contribution is 2.27. The Bertz CT molecular complexity index is 923. The van der Waals surface area contributed by atoms with Gasteiger partial charge in [-0.25, -0.2) is 4.98 Å². The molecule has 4 rings (SSSR count). The second kappa shape index (κ2) is 7.75. The molecule has 1 aliphatic heterocycles. The topological polar surface area (TPSA) is 32.5 Å². The van der Waals surface area contributed by atoms with Gasteiger partial charge in [0.25, 0.3) is 0 Å². The summed E-state index contributed by atoms with van der Waals surface area (Å²) in [7, 11) is 0. The standard InChI is InChI=1S/C22H24ClN3O/c1-16-6-5-7-19(12-16)26-11-10-25(13-17(26)2)14-18-15-27-22(24-18)20-8-3-4-9-21(20)23/h3-9,12,15,17H,10-11,13-14H2,1-2H3. The van der Waals surface area contributed by atoms with E-state index in [4.69, 9.17) is 16.0 Å². The third kappa shape index (κ3) is 4.02. The summed E-state index contributed by atoms with van der Waals surface area (Å²) in [5.74, 6) is 0.585. The Morgan fingerprint density at radius 2 is 2.00 bits per heavy atom. The van der Waals surface area contributed by atoms with E-state index in [1.54, 1.807) is 6.26 Å². The molecular formula is C22H24ClN3O. The average molecular weight is 382 g/mol. The Kier molecular flexibility index (Phi) is 5.19. The predicted molar refractivity (Wildman–Crippen MR) is 110 cm³/mol. The number of halogens is 1. The van der Waals surface area contributed by atoms with Crippen molar-refractivity contribution in [3.63, 3.8) is 0 Å². The fourth-order valence-corrected chi connectivity index (χ4v) is 3.95. The molecule has 3 aromatic rings. The first-order chi connectivity index (χ1) is 13.1. The summed E-state index contributed by atoms with van der Waals surface area (Å²) in [5, 5.41) is 0.659. The first kappa shape index (κ1) is 18.1. The van der Waals surface area contributed by atoms with Gasteiger partial charge in [-0.15, -0.1) is 0 Å². The van der Waals surface area contributed by atoms with Crippen LogP contribution in [0.25, 0.3) is 11.5 Å². The first-order valence-corrected chi connectivity index (χ1v) is 9.73. The largest absolute Gasteiger partial charge is 0.444 e. The van der Waals surface area contributed by atoms with Gasteiger partial charge < -0.3 is 9.32 Å². The van der Waals surface area contributed by atoms with Crippen LogP contribution in [0.2, 0.25) is 5.02 Å². The van der Waals surface area contributed by atoms with E-state index < -0.39 is 0 Å².